The number of nitrogens with one attached hydrogen (secondary N) is 1. The Hall–Kier alpha value is -0.660. The normalized spacial score (nSPS) is 13.8. The summed E-state index contributed by atoms with van der Waals surface area (Å²) in [4.78, 5) is 10.7. The first-order chi connectivity index (χ1) is 8.26. The van der Waals surface area contributed by atoms with Crippen molar-refractivity contribution in [3.63, 3.8) is 0 Å². The molecule has 18 heavy (non-hydrogen) atoms. The van der Waals surface area contributed by atoms with Gasteiger partial charge in [-0.1, -0.05) is 13.8 Å². The van der Waals surface area contributed by atoms with Gasteiger partial charge in [0.05, 0.1) is 12.4 Å². The number of rotatable bonds is 10. The monoisotopic (exact) mass is 281 g/mol. The average molecular weight is 281 g/mol. The number of methoxy groups -OCH3 is 1. The quantitative estimate of drug-likeness (QED) is 0.614. The molecule has 1 atom stereocenters. The molecular formula is C11H23NO5S. The van der Waals surface area contributed by atoms with Crippen molar-refractivity contribution >= 4 is 16.0 Å². The molecule has 0 unspecified atom stereocenters. The molecule has 2 N–H and O–H groups in total. The van der Waals surface area contributed by atoms with Gasteiger partial charge in [0, 0.05) is 20.1 Å². The van der Waals surface area contributed by atoms with Crippen molar-refractivity contribution in [1.82, 2.24) is 4.72 Å². The van der Waals surface area contributed by atoms with Crippen LogP contribution in [-0.2, 0) is 19.6 Å². The molecule has 0 aromatic carbocycles. The van der Waals surface area contributed by atoms with Crippen LogP contribution in [0.1, 0.15) is 26.7 Å². The molecule has 0 spiro atoms. The number of ether oxygens (including phenoxy) is 1. The molecule has 0 bridgehead atoms. The molecule has 0 aromatic heterocycles. The van der Waals surface area contributed by atoms with Gasteiger partial charge in [0.1, 0.15) is 0 Å². The van der Waals surface area contributed by atoms with Gasteiger partial charge in [0.15, 0.2) is 0 Å². The van der Waals surface area contributed by atoms with E-state index in [9.17, 15) is 13.2 Å². The first-order valence-electron chi connectivity index (χ1n) is 5.95. The van der Waals surface area contributed by atoms with Gasteiger partial charge in [-0.2, -0.15) is 0 Å². The minimum atomic E-state index is -3.38. The fourth-order valence-corrected chi connectivity index (χ4v) is 2.68. The number of hydrogen-bond donors (Lipinski definition) is 2. The van der Waals surface area contributed by atoms with E-state index < -0.39 is 16.0 Å². The first-order valence-corrected chi connectivity index (χ1v) is 7.60. The van der Waals surface area contributed by atoms with E-state index in [0.29, 0.717) is 12.3 Å². The van der Waals surface area contributed by atoms with Crippen LogP contribution in [0, 0.1) is 11.8 Å². The van der Waals surface area contributed by atoms with Crippen molar-refractivity contribution in [3.05, 3.63) is 0 Å². The van der Waals surface area contributed by atoms with Gasteiger partial charge < -0.3 is 9.84 Å². The van der Waals surface area contributed by atoms with Crippen LogP contribution in [-0.4, -0.2) is 45.5 Å². The predicted octanol–water partition coefficient (Wildman–Crippen LogP) is 0.689. The molecule has 0 saturated heterocycles. The van der Waals surface area contributed by atoms with Gasteiger partial charge in [-0.25, -0.2) is 13.1 Å². The third kappa shape index (κ3) is 9.38. The fourth-order valence-electron chi connectivity index (χ4n) is 1.66. The largest absolute Gasteiger partial charge is 0.481 e. The molecule has 7 heteroatoms. The highest BCUT2D eigenvalue weighted by molar-refractivity contribution is 7.89. The Morgan fingerprint density at radius 1 is 1.39 bits per heavy atom. The third-order valence-corrected chi connectivity index (χ3v) is 3.73. The minimum Gasteiger partial charge on any atom is -0.481 e. The first kappa shape index (κ1) is 17.3. The molecule has 0 aromatic rings. The van der Waals surface area contributed by atoms with Crippen molar-refractivity contribution in [2.45, 2.75) is 26.7 Å². The summed E-state index contributed by atoms with van der Waals surface area (Å²) in [6.45, 7) is 4.25. The molecule has 0 fully saturated rings. The Kier molecular flexibility index (Phi) is 8.13. The molecule has 108 valence electrons. The molecule has 0 saturated carbocycles. The van der Waals surface area contributed by atoms with Crippen LogP contribution in [0.15, 0.2) is 0 Å². The number of carboxylic acids is 1. The lowest BCUT2D eigenvalue weighted by Crippen LogP contribution is -2.33. The van der Waals surface area contributed by atoms with E-state index in [2.05, 4.69) is 4.72 Å². The zero-order valence-corrected chi connectivity index (χ0v) is 12.0. The van der Waals surface area contributed by atoms with Crippen LogP contribution >= 0.6 is 0 Å². The van der Waals surface area contributed by atoms with E-state index in [-0.39, 0.29) is 31.2 Å². The van der Waals surface area contributed by atoms with E-state index in [4.69, 9.17) is 9.84 Å². The number of aliphatic carboxylic acids is 1. The zero-order chi connectivity index (χ0) is 14.2. The van der Waals surface area contributed by atoms with Crippen LogP contribution in [0.4, 0.5) is 0 Å². The van der Waals surface area contributed by atoms with Crippen LogP contribution in [0.25, 0.3) is 0 Å². The van der Waals surface area contributed by atoms with Crippen LogP contribution in [0.5, 0.6) is 0 Å². The highest BCUT2D eigenvalue weighted by atomic mass is 32.2. The summed E-state index contributed by atoms with van der Waals surface area (Å²) in [7, 11) is -1.95. The lowest BCUT2D eigenvalue weighted by molar-refractivity contribution is -0.138. The Balaban J connectivity index is 4.28. The maximum atomic E-state index is 11.5. The summed E-state index contributed by atoms with van der Waals surface area (Å²) in [5.74, 6) is -0.861. The second kappa shape index (κ2) is 8.44. The second-order valence-electron chi connectivity index (χ2n) is 4.75. The van der Waals surface area contributed by atoms with Gasteiger partial charge >= 0.3 is 5.97 Å². The maximum Gasteiger partial charge on any atom is 0.303 e. The van der Waals surface area contributed by atoms with Crippen molar-refractivity contribution in [1.29, 1.82) is 0 Å². The number of carboxylic acid groups (broad SMARTS) is 1. The fraction of sp³-hybridized carbons (Fsp3) is 0.909. The number of carbonyl (C=O) groups is 1. The zero-order valence-electron chi connectivity index (χ0n) is 11.2. The van der Waals surface area contributed by atoms with Gasteiger partial charge in [0.25, 0.3) is 0 Å². The summed E-state index contributed by atoms with van der Waals surface area (Å²) in [6, 6.07) is 0. The summed E-state index contributed by atoms with van der Waals surface area (Å²) >= 11 is 0. The van der Waals surface area contributed by atoms with E-state index >= 15 is 0 Å². The molecule has 0 radical (unpaired) electrons. The Morgan fingerprint density at radius 2 is 2.00 bits per heavy atom. The Bertz CT molecular complexity index is 339. The predicted molar refractivity (Wildman–Crippen MR) is 68.9 cm³/mol. The van der Waals surface area contributed by atoms with Crippen molar-refractivity contribution < 1.29 is 23.1 Å². The molecule has 0 heterocycles. The summed E-state index contributed by atoms with van der Waals surface area (Å²) in [5, 5.41) is 8.77. The molecule has 0 rings (SSSR count). The van der Waals surface area contributed by atoms with E-state index in [0.717, 1.165) is 0 Å². The van der Waals surface area contributed by atoms with Crippen LogP contribution < -0.4 is 4.72 Å². The van der Waals surface area contributed by atoms with Gasteiger partial charge in [-0.15, -0.1) is 0 Å². The minimum absolute atomic E-state index is 0.0228. The third-order valence-electron chi connectivity index (χ3n) is 2.42. The van der Waals surface area contributed by atoms with Gasteiger partial charge in [-0.05, 0) is 18.3 Å². The molecule has 6 nitrogen and oxygen atoms in total. The molecule has 0 aliphatic carbocycles. The number of hydrogen-bond acceptors (Lipinski definition) is 4. The van der Waals surface area contributed by atoms with Crippen LogP contribution in [0.2, 0.25) is 0 Å². The average Bonchev–Trinajstić information content (AvgIpc) is 2.22. The van der Waals surface area contributed by atoms with E-state index in [1.54, 1.807) is 0 Å². The SMILES string of the molecule is COCCS(=O)(=O)NC[C@H](CC(=O)O)CC(C)C. The lowest BCUT2D eigenvalue weighted by Gasteiger charge is -2.17. The summed E-state index contributed by atoms with van der Waals surface area (Å²) < 4.78 is 30.2. The van der Waals surface area contributed by atoms with Crippen LogP contribution in [0.3, 0.4) is 0 Å². The summed E-state index contributed by atoms with van der Waals surface area (Å²) in [5.41, 5.74) is 0. The standard InChI is InChI=1S/C11H23NO5S/c1-9(2)6-10(7-11(13)14)8-12-18(15,16)5-4-17-3/h9-10,12H,4-8H2,1-3H3,(H,13,14)/t10-/m0/s1. The summed E-state index contributed by atoms with van der Waals surface area (Å²) in [6.07, 6.45) is 0.657. The smallest absolute Gasteiger partial charge is 0.303 e. The van der Waals surface area contributed by atoms with Crippen molar-refractivity contribution in [3.8, 4) is 0 Å². The second-order valence-corrected chi connectivity index (χ2v) is 6.68. The van der Waals surface area contributed by atoms with Crippen molar-refractivity contribution in [2.75, 3.05) is 26.0 Å². The topological polar surface area (TPSA) is 92.7 Å². The maximum absolute atomic E-state index is 11.5. The highest BCUT2D eigenvalue weighted by Crippen LogP contribution is 2.15. The lowest BCUT2D eigenvalue weighted by atomic mass is 9.94. The van der Waals surface area contributed by atoms with Gasteiger partial charge in [0.2, 0.25) is 10.0 Å². The molecular weight excluding hydrogens is 258 g/mol. The Labute approximate surface area is 109 Å². The molecule has 0 aliphatic rings. The highest BCUT2D eigenvalue weighted by Gasteiger charge is 2.18. The van der Waals surface area contributed by atoms with Crippen molar-refractivity contribution in [2.24, 2.45) is 11.8 Å². The molecule has 0 aliphatic heterocycles. The number of sulfonamides is 1. The molecule has 0 amide bonds. The van der Waals surface area contributed by atoms with E-state index in [1.165, 1.54) is 7.11 Å². The Morgan fingerprint density at radius 3 is 2.44 bits per heavy atom. The van der Waals surface area contributed by atoms with Gasteiger partial charge in [-0.3, -0.25) is 4.79 Å². The van der Waals surface area contributed by atoms with E-state index in [1.807, 2.05) is 13.8 Å².